The first-order valence-corrected chi connectivity index (χ1v) is 6.94. The fraction of sp³-hybridized carbons (Fsp3) is 0.222. The van der Waals surface area contributed by atoms with Crippen molar-refractivity contribution in [3.05, 3.63) is 65.7 Å². The van der Waals surface area contributed by atoms with Crippen molar-refractivity contribution < 1.29 is 14.6 Å². The van der Waals surface area contributed by atoms with Gasteiger partial charge in [0, 0.05) is 6.42 Å². The molecule has 112 valence electrons. The number of Topliss-reactive ketones (excluding diaryl/α,β-unsaturated/α-hetero) is 1. The molecule has 4 nitrogen and oxygen atoms in total. The van der Waals surface area contributed by atoms with Crippen LogP contribution in [0.2, 0.25) is 0 Å². The summed E-state index contributed by atoms with van der Waals surface area (Å²) in [6.07, 6.45) is 0.194. The highest BCUT2D eigenvalue weighted by Crippen LogP contribution is 2.19. The van der Waals surface area contributed by atoms with Crippen molar-refractivity contribution in [3.8, 4) is 11.8 Å². The van der Waals surface area contributed by atoms with Crippen molar-refractivity contribution in [3.63, 3.8) is 0 Å². The standard InChI is InChI=1S/C18H17NO3/c1-14(20)18(21,11-15-5-3-2-4-6-15)13-22-17-9-7-16(12-19)8-10-17/h2-10,21H,11,13H2,1H3/t18-/m0/s1. The van der Waals surface area contributed by atoms with Crippen LogP contribution >= 0.6 is 0 Å². The summed E-state index contributed by atoms with van der Waals surface area (Å²) in [7, 11) is 0. The Labute approximate surface area is 129 Å². The number of nitrogens with zero attached hydrogens (tertiary/aromatic N) is 1. The maximum absolute atomic E-state index is 11.8. The Balaban J connectivity index is 2.07. The molecule has 0 aliphatic carbocycles. The van der Waals surface area contributed by atoms with E-state index >= 15 is 0 Å². The number of ketones is 1. The van der Waals surface area contributed by atoms with Crippen molar-refractivity contribution >= 4 is 5.78 Å². The van der Waals surface area contributed by atoms with Gasteiger partial charge in [0.2, 0.25) is 0 Å². The summed E-state index contributed by atoms with van der Waals surface area (Å²) in [4.78, 5) is 11.8. The van der Waals surface area contributed by atoms with Crippen LogP contribution in [0.15, 0.2) is 54.6 Å². The topological polar surface area (TPSA) is 70.3 Å². The molecule has 0 aliphatic heterocycles. The van der Waals surface area contributed by atoms with Crippen molar-refractivity contribution in [2.75, 3.05) is 6.61 Å². The number of hydrogen-bond donors (Lipinski definition) is 1. The van der Waals surface area contributed by atoms with Gasteiger partial charge in [-0.25, -0.2) is 0 Å². The first-order valence-electron chi connectivity index (χ1n) is 6.94. The summed E-state index contributed by atoms with van der Waals surface area (Å²) in [6.45, 7) is 1.22. The molecule has 0 heterocycles. The number of nitriles is 1. The largest absolute Gasteiger partial charge is 0.490 e. The second-order valence-electron chi connectivity index (χ2n) is 5.18. The predicted molar refractivity (Wildman–Crippen MR) is 82.4 cm³/mol. The molecule has 0 saturated carbocycles. The zero-order valence-corrected chi connectivity index (χ0v) is 12.3. The van der Waals surface area contributed by atoms with E-state index < -0.39 is 5.60 Å². The molecule has 2 rings (SSSR count). The molecule has 22 heavy (non-hydrogen) atoms. The summed E-state index contributed by atoms with van der Waals surface area (Å²) < 4.78 is 5.52. The minimum atomic E-state index is -1.57. The first kappa shape index (κ1) is 15.7. The summed E-state index contributed by atoms with van der Waals surface area (Å²) >= 11 is 0. The average Bonchev–Trinajstić information content (AvgIpc) is 2.54. The summed E-state index contributed by atoms with van der Waals surface area (Å²) in [6, 6.07) is 17.9. The van der Waals surface area contributed by atoms with Gasteiger partial charge in [0.15, 0.2) is 11.4 Å². The third-order valence-electron chi connectivity index (χ3n) is 3.46. The van der Waals surface area contributed by atoms with Gasteiger partial charge in [0.25, 0.3) is 0 Å². The molecule has 4 heteroatoms. The monoisotopic (exact) mass is 295 g/mol. The van der Waals surface area contributed by atoms with E-state index in [-0.39, 0.29) is 18.8 Å². The fourth-order valence-electron chi connectivity index (χ4n) is 2.04. The molecule has 0 bridgehead atoms. The molecular weight excluding hydrogens is 278 g/mol. The van der Waals surface area contributed by atoms with Gasteiger partial charge in [0.1, 0.15) is 12.4 Å². The molecule has 1 N–H and O–H groups in total. The third-order valence-corrected chi connectivity index (χ3v) is 3.46. The minimum absolute atomic E-state index is 0.136. The van der Waals surface area contributed by atoms with E-state index in [0.717, 1.165) is 5.56 Å². The van der Waals surface area contributed by atoms with E-state index in [1.807, 2.05) is 36.4 Å². The molecule has 0 unspecified atom stereocenters. The molecule has 0 aliphatic rings. The highest BCUT2D eigenvalue weighted by molar-refractivity contribution is 5.85. The van der Waals surface area contributed by atoms with Crippen LogP contribution in [-0.2, 0) is 11.2 Å². The Morgan fingerprint density at radius 3 is 2.36 bits per heavy atom. The zero-order chi connectivity index (χ0) is 16.0. The molecule has 0 radical (unpaired) electrons. The number of rotatable bonds is 6. The Kier molecular flexibility index (Phi) is 4.92. The lowest BCUT2D eigenvalue weighted by atomic mass is 9.92. The zero-order valence-electron chi connectivity index (χ0n) is 12.3. The second kappa shape index (κ2) is 6.88. The molecule has 2 aromatic rings. The van der Waals surface area contributed by atoms with Gasteiger partial charge in [-0.1, -0.05) is 30.3 Å². The summed E-state index contributed by atoms with van der Waals surface area (Å²) in [5.74, 6) is 0.164. The van der Waals surface area contributed by atoms with Gasteiger partial charge >= 0.3 is 0 Å². The molecule has 0 saturated heterocycles. The second-order valence-corrected chi connectivity index (χ2v) is 5.18. The average molecular weight is 295 g/mol. The number of benzene rings is 2. The van der Waals surface area contributed by atoms with Crippen LogP contribution in [0, 0.1) is 11.3 Å². The van der Waals surface area contributed by atoms with Crippen LogP contribution in [0.5, 0.6) is 5.75 Å². The van der Waals surface area contributed by atoms with Gasteiger partial charge in [-0.05, 0) is 36.8 Å². The molecule has 0 spiro atoms. The maximum Gasteiger partial charge on any atom is 0.165 e. The van der Waals surface area contributed by atoms with Gasteiger partial charge in [0.05, 0.1) is 11.6 Å². The van der Waals surface area contributed by atoms with Crippen LogP contribution < -0.4 is 4.74 Å². The Bertz CT molecular complexity index is 674. The SMILES string of the molecule is CC(=O)[C@@](O)(COc1ccc(C#N)cc1)Cc1ccccc1. The molecule has 0 aromatic heterocycles. The van der Waals surface area contributed by atoms with Gasteiger partial charge in [-0.15, -0.1) is 0 Å². The quantitative estimate of drug-likeness (QED) is 0.889. The predicted octanol–water partition coefficient (Wildman–Crippen LogP) is 2.50. The third kappa shape index (κ3) is 3.94. The van der Waals surface area contributed by atoms with Crippen LogP contribution in [0.1, 0.15) is 18.1 Å². The Hall–Kier alpha value is -2.64. The van der Waals surface area contributed by atoms with E-state index in [9.17, 15) is 9.90 Å². The maximum atomic E-state index is 11.8. The first-order chi connectivity index (χ1) is 10.5. The van der Waals surface area contributed by atoms with Gasteiger partial charge in [-0.3, -0.25) is 4.79 Å². The summed E-state index contributed by atoms with van der Waals surface area (Å²) in [5.41, 5.74) is -0.183. The van der Waals surface area contributed by atoms with E-state index in [4.69, 9.17) is 10.00 Å². The number of hydrogen-bond acceptors (Lipinski definition) is 4. The molecule has 0 fully saturated rings. The van der Waals surface area contributed by atoms with Gasteiger partial charge < -0.3 is 9.84 Å². The van der Waals surface area contributed by atoms with Crippen molar-refractivity contribution in [2.24, 2.45) is 0 Å². The smallest absolute Gasteiger partial charge is 0.165 e. The highest BCUT2D eigenvalue weighted by Gasteiger charge is 2.34. The van der Waals surface area contributed by atoms with Crippen LogP contribution in [0.25, 0.3) is 0 Å². The van der Waals surface area contributed by atoms with Crippen LogP contribution in [0.4, 0.5) is 0 Å². The van der Waals surface area contributed by atoms with Gasteiger partial charge in [-0.2, -0.15) is 5.26 Å². The highest BCUT2D eigenvalue weighted by atomic mass is 16.5. The van der Waals surface area contributed by atoms with E-state index in [2.05, 4.69) is 0 Å². The fourth-order valence-corrected chi connectivity index (χ4v) is 2.04. The molecule has 1 atom stereocenters. The lowest BCUT2D eigenvalue weighted by Crippen LogP contribution is -2.45. The number of carbonyl (C=O) groups is 1. The lowest BCUT2D eigenvalue weighted by molar-refractivity contribution is -0.138. The molecule has 2 aromatic carbocycles. The number of aliphatic hydroxyl groups is 1. The Morgan fingerprint density at radius 1 is 1.18 bits per heavy atom. The van der Waals surface area contributed by atoms with E-state index in [1.165, 1.54) is 6.92 Å². The van der Waals surface area contributed by atoms with E-state index in [0.29, 0.717) is 11.3 Å². The number of carbonyl (C=O) groups excluding carboxylic acids is 1. The van der Waals surface area contributed by atoms with Crippen molar-refractivity contribution in [1.29, 1.82) is 5.26 Å². The van der Waals surface area contributed by atoms with Crippen molar-refractivity contribution in [1.82, 2.24) is 0 Å². The normalized spacial score (nSPS) is 13.0. The van der Waals surface area contributed by atoms with Crippen LogP contribution in [-0.4, -0.2) is 23.1 Å². The number of ether oxygens (including phenoxy) is 1. The molecular formula is C18H17NO3. The minimum Gasteiger partial charge on any atom is -0.490 e. The van der Waals surface area contributed by atoms with Crippen LogP contribution in [0.3, 0.4) is 0 Å². The lowest BCUT2D eigenvalue weighted by Gasteiger charge is -2.25. The Morgan fingerprint density at radius 2 is 1.82 bits per heavy atom. The summed E-state index contributed by atoms with van der Waals surface area (Å²) in [5, 5.41) is 19.3. The van der Waals surface area contributed by atoms with E-state index in [1.54, 1.807) is 24.3 Å². The van der Waals surface area contributed by atoms with Crippen molar-refractivity contribution in [2.45, 2.75) is 18.9 Å². The molecule has 0 amide bonds.